The molecule has 0 bridgehead atoms. The van der Waals surface area contributed by atoms with Gasteiger partial charge in [-0.15, -0.1) is 0 Å². The molecule has 1 aliphatic carbocycles. The number of nitrogens with zero attached hydrogens (tertiary/aromatic N) is 2. The number of carbonyl (C=O) groups excluding carboxylic acids is 2. The summed E-state index contributed by atoms with van der Waals surface area (Å²) in [6, 6.07) is 7.86. The molecule has 2 aromatic rings. The van der Waals surface area contributed by atoms with Gasteiger partial charge in [-0.25, -0.2) is 9.36 Å². The minimum atomic E-state index is -0.564. The Morgan fingerprint density at radius 3 is 2.62 bits per heavy atom. The van der Waals surface area contributed by atoms with Crippen LogP contribution in [0, 0.1) is 5.92 Å². The standard InChI is InChI=1S/C23H30N2O4/c1-6-28-21(26)18-13-14-11-12-17-19(20(14)24(18)5)15-9-7-8-10-16(15)25(17)22(27)29-23(2,3)4/h7-10,14,18,20H,6,11-13H2,1-5H3. The summed E-state index contributed by atoms with van der Waals surface area (Å²) in [4.78, 5) is 27.7. The predicted octanol–water partition coefficient (Wildman–Crippen LogP) is 4.30. The Hall–Kier alpha value is -2.34. The first kappa shape index (κ1) is 20.0. The number of ether oxygens (including phenoxy) is 2. The highest BCUT2D eigenvalue weighted by Gasteiger charge is 2.48. The van der Waals surface area contributed by atoms with E-state index in [9.17, 15) is 9.59 Å². The number of para-hydroxylation sites is 1. The van der Waals surface area contributed by atoms with E-state index in [2.05, 4.69) is 11.0 Å². The Kier molecular flexibility index (Phi) is 4.93. The Labute approximate surface area is 171 Å². The zero-order valence-corrected chi connectivity index (χ0v) is 17.9. The largest absolute Gasteiger partial charge is 0.465 e. The summed E-state index contributed by atoms with van der Waals surface area (Å²) in [5.74, 6) is 0.224. The zero-order valence-electron chi connectivity index (χ0n) is 17.9. The van der Waals surface area contributed by atoms with Crippen LogP contribution in [0.1, 0.15) is 57.8 Å². The fourth-order valence-corrected chi connectivity index (χ4v) is 5.06. The minimum Gasteiger partial charge on any atom is -0.465 e. The zero-order chi connectivity index (χ0) is 20.9. The maximum absolute atomic E-state index is 13.1. The Morgan fingerprint density at radius 1 is 1.21 bits per heavy atom. The highest BCUT2D eigenvalue weighted by atomic mass is 16.6. The van der Waals surface area contributed by atoms with E-state index in [1.54, 1.807) is 4.57 Å². The molecular formula is C23H30N2O4. The van der Waals surface area contributed by atoms with Gasteiger partial charge < -0.3 is 9.47 Å². The van der Waals surface area contributed by atoms with E-state index in [4.69, 9.17) is 9.47 Å². The van der Waals surface area contributed by atoms with Crippen LogP contribution in [-0.4, -0.2) is 46.8 Å². The molecule has 4 rings (SSSR count). The molecule has 1 aliphatic heterocycles. The van der Waals surface area contributed by atoms with Gasteiger partial charge in [0.1, 0.15) is 11.6 Å². The van der Waals surface area contributed by atoms with E-state index >= 15 is 0 Å². The van der Waals surface area contributed by atoms with Crippen molar-refractivity contribution in [2.24, 2.45) is 5.92 Å². The number of rotatable bonds is 2. The summed E-state index contributed by atoms with van der Waals surface area (Å²) >= 11 is 0. The summed E-state index contributed by atoms with van der Waals surface area (Å²) in [6.45, 7) is 7.88. The summed E-state index contributed by atoms with van der Waals surface area (Å²) in [5, 5.41) is 1.07. The van der Waals surface area contributed by atoms with E-state index in [1.165, 1.54) is 0 Å². The lowest BCUT2D eigenvalue weighted by Crippen LogP contribution is -2.36. The van der Waals surface area contributed by atoms with Crippen LogP contribution in [0.2, 0.25) is 0 Å². The normalized spacial score (nSPS) is 24.2. The monoisotopic (exact) mass is 398 g/mol. The molecule has 3 unspecified atom stereocenters. The summed E-state index contributed by atoms with van der Waals surface area (Å²) < 4.78 is 12.8. The van der Waals surface area contributed by atoms with Crippen LogP contribution < -0.4 is 0 Å². The molecule has 6 nitrogen and oxygen atoms in total. The van der Waals surface area contributed by atoms with Crippen LogP contribution >= 0.6 is 0 Å². The maximum atomic E-state index is 13.1. The maximum Gasteiger partial charge on any atom is 0.419 e. The topological polar surface area (TPSA) is 60.8 Å². The summed E-state index contributed by atoms with van der Waals surface area (Å²) in [5.41, 5.74) is 2.49. The van der Waals surface area contributed by atoms with E-state index in [0.717, 1.165) is 41.4 Å². The molecule has 1 aromatic heterocycles. The van der Waals surface area contributed by atoms with Crippen molar-refractivity contribution in [1.82, 2.24) is 9.47 Å². The fourth-order valence-electron chi connectivity index (χ4n) is 5.06. The van der Waals surface area contributed by atoms with Gasteiger partial charge in [0.2, 0.25) is 0 Å². The van der Waals surface area contributed by atoms with Gasteiger partial charge in [-0.1, -0.05) is 18.2 Å². The fraction of sp³-hybridized carbons (Fsp3) is 0.565. The quantitative estimate of drug-likeness (QED) is 0.706. The Morgan fingerprint density at radius 2 is 1.93 bits per heavy atom. The number of esters is 1. The Balaban J connectivity index is 1.81. The molecule has 29 heavy (non-hydrogen) atoms. The number of aromatic nitrogens is 1. The lowest BCUT2D eigenvalue weighted by molar-refractivity contribution is -0.148. The van der Waals surface area contributed by atoms with Crippen molar-refractivity contribution in [1.29, 1.82) is 0 Å². The summed E-state index contributed by atoms with van der Waals surface area (Å²) in [7, 11) is 2.00. The molecule has 1 saturated heterocycles. The van der Waals surface area contributed by atoms with E-state index in [-0.39, 0.29) is 24.1 Å². The second-order valence-corrected chi connectivity index (χ2v) is 9.11. The van der Waals surface area contributed by atoms with Crippen molar-refractivity contribution in [3.05, 3.63) is 35.5 Å². The van der Waals surface area contributed by atoms with Gasteiger partial charge in [0, 0.05) is 17.1 Å². The van der Waals surface area contributed by atoms with Gasteiger partial charge in [-0.2, -0.15) is 0 Å². The second kappa shape index (κ2) is 7.17. The number of hydrogen-bond acceptors (Lipinski definition) is 5. The second-order valence-electron chi connectivity index (χ2n) is 9.11. The molecule has 6 heteroatoms. The average Bonchev–Trinajstić information content (AvgIpc) is 3.15. The SMILES string of the molecule is CCOC(=O)C1CC2CCc3c(c4ccccc4n3C(=O)OC(C)(C)C)C2N1C. The lowest BCUT2D eigenvalue weighted by Gasteiger charge is -2.32. The van der Waals surface area contributed by atoms with Gasteiger partial charge in [0.15, 0.2) is 0 Å². The van der Waals surface area contributed by atoms with Crippen molar-refractivity contribution < 1.29 is 19.1 Å². The number of hydrogen-bond donors (Lipinski definition) is 0. The molecule has 3 atom stereocenters. The number of likely N-dealkylation sites (tertiary alicyclic amines) is 1. The predicted molar refractivity (Wildman–Crippen MR) is 111 cm³/mol. The van der Waals surface area contributed by atoms with Crippen LogP contribution in [-0.2, 0) is 20.7 Å². The van der Waals surface area contributed by atoms with Gasteiger partial charge in [0.05, 0.1) is 12.1 Å². The van der Waals surface area contributed by atoms with Gasteiger partial charge in [0.25, 0.3) is 0 Å². The molecule has 156 valence electrons. The molecule has 2 heterocycles. The van der Waals surface area contributed by atoms with Crippen molar-refractivity contribution in [3.8, 4) is 0 Å². The van der Waals surface area contributed by atoms with Crippen molar-refractivity contribution in [2.45, 2.75) is 64.6 Å². The molecule has 0 amide bonds. The first-order valence-electron chi connectivity index (χ1n) is 10.5. The van der Waals surface area contributed by atoms with E-state index in [1.807, 2.05) is 52.9 Å². The highest BCUT2D eigenvalue weighted by molar-refractivity contribution is 5.94. The molecule has 1 fully saturated rings. The van der Waals surface area contributed by atoms with Crippen molar-refractivity contribution in [3.63, 3.8) is 0 Å². The third-order valence-corrected chi connectivity index (χ3v) is 6.10. The molecule has 0 spiro atoms. The van der Waals surface area contributed by atoms with Crippen LogP contribution in [0.3, 0.4) is 0 Å². The van der Waals surface area contributed by atoms with Crippen molar-refractivity contribution in [2.75, 3.05) is 13.7 Å². The molecule has 1 aromatic carbocycles. The lowest BCUT2D eigenvalue weighted by atomic mass is 9.82. The third-order valence-electron chi connectivity index (χ3n) is 6.10. The van der Waals surface area contributed by atoms with Crippen LogP contribution in [0.4, 0.5) is 4.79 Å². The number of fused-ring (bicyclic) bond motifs is 5. The minimum absolute atomic E-state index is 0.0988. The highest BCUT2D eigenvalue weighted by Crippen LogP contribution is 2.50. The van der Waals surface area contributed by atoms with Crippen LogP contribution in [0.25, 0.3) is 10.9 Å². The van der Waals surface area contributed by atoms with Gasteiger partial charge in [-0.05, 0) is 71.6 Å². The van der Waals surface area contributed by atoms with E-state index < -0.39 is 5.60 Å². The summed E-state index contributed by atoms with van der Waals surface area (Å²) in [6.07, 6.45) is 2.20. The van der Waals surface area contributed by atoms with Crippen LogP contribution in [0.5, 0.6) is 0 Å². The molecular weight excluding hydrogens is 368 g/mol. The third kappa shape index (κ3) is 3.33. The van der Waals surface area contributed by atoms with Gasteiger partial charge in [-0.3, -0.25) is 9.69 Å². The number of carbonyl (C=O) groups is 2. The first-order chi connectivity index (χ1) is 13.7. The number of benzene rings is 1. The van der Waals surface area contributed by atoms with Crippen LogP contribution in [0.15, 0.2) is 24.3 Å². The average molecular weight is 399 g/mol. The molecule has 0 saturated carbocycles. The smallest absolute Gasteiger partial charge is 0.419 e. The van der Waals surface area contributed by atoms with E-state index in [0.29, 0.717) is 12.5 Å². The molecule has 0 radical (unpaired) electrons. The molecule has 0 N–H and O–H groups in total. The molecule has 2 aliphatic rings. The van der Waals surface area contributed by atoms with Gasteiger partial charge >= 0.3 is 12.1 Å². The Bertz CT molecular complexity index is 956. The van der Waals surface area contributed by atoms with Crippen molar-refractivity contribution >= 4 is 23.0 Å². The first-order valence-corrected chi connectivity index (χ1v) is 10.5. The number of likely N-dealkylation sites (N-methyl/N-ethyl adjacent to an activating group) is 1.